The summed E-state index contributed by atoms with van der Waals surface area (Å²) >= 11 is 5.92. The minimum atomic E-state index is 0.0121. The second kappa shape index (κ2) is 5.54. The quantitative estimate of drug-likeness (QED) is 0.770. The molecule has 1 fully saturated rings. The Balaban J connectivity index is 2.32. The van der Waals surface area contributed by atoms with Crippen LogP contribution in [0, 0.1) is 11.3 Å². The van der Waals surface area contributed by atoms with Gasteiger partial charge < -0.3 is 4.90 Å². The molecule has 3 heteroatoms. The molecule has 1 aliphatic heterocycles. The lowest BCUT2D eigenvalue weighted by Crippen LogP contribution is -2.38. The van der Waals surface area contributed by atoms with Gasteiger partial charge in [0.15, 0.2) is 0 Å². The van der Waals surface area contributed by atoms with Crippen LogP contribution < -0.4 is 0 Å². The Morgan fingerprint density at radius 2 is 1.95 bits per heavy atom. The molecule has 1 aromatic carbocycles. The third-order valence-corrected chi connectivity index (χ3v) is 4.14. The second-order valence-corrected chi connectivity index (χ2v) is 6.76. The lowest BCUT2D eigenvalue weighted by Gasteiger charge is -2.38. The molecule has 1 aromatic rings. The van der Waals surface area contributed by atoms with E-state index in [9.17, 15) is 4.79 Å². The lowest BCUT2D eigenvalue weighted by molar-refractivity contribution is -0.132. The molecule has 1 amide bonds. The van der Waals surface area contributed by atoms with Crippen molar-refractivity contribution in [2.75, 3.05) is 12.4 Å². The van der Waals surface area contributed by atoms with Gasteiger partial charge in [-0.05, 0) is 16.9 Å². The number of benzene rings is 1. The molecule has 0 aromatic heterocycles. The first kappa shape index (κ1) is 14.4. The number of likely N-dealkylation sites (tertiary alicyclic amines) is 1. The maximum absolute atomic E-state index is 12.3. The molecule has 1 saturated heterocycles. The van der Waals surface area contributed by atoms with Crippen LogP contribution in [0.25, 0.3) is 0 Å². The fourth-order valence-electron chi connectivity index (χ4n) is 2.94. The third kappa shape index (κ3) is 3.11. The molecule has 19 heavy (non-hydrogen) atoms. The fourth-order valence-corrected chi connectivity index (χ4v) is 3.15. The van der Waals surface area contributed by atoms with Gasteiger partial charge >= 0.3 is 0 Å². The van der Waals surface area contributed by atoms with Gasteiger partial charge in [-0.2, -0.15) is 0 Å². The predicted octanol–water partition coefficient (Wildman–Crippen LogP) is 3.86. The van der Waals surface area contributed by atoms with E-state index in [0.29, 0.717) is 18.2 Å². The van der Waals surface area contributed by atoms with Crippen molar-refractivity contribution in [2.24, 2.45) is 11.3 Å². The Bertz CT molecular complexity index is 438. The minimum absolute atomic E-state index is 0.0121. The van der Waals surface area contributed by atoms with Crippen molar-refractivity contribution in [1.82, 2.24) is 4.90 Å². The van der Waals surface area contributed by atoms with Gasteiger partial charge in [0.2, 0.25) is 5.91 Å². The highest BCUT2D eigenvalue weighted by atomic mass is 35.5. The molecule has 0 bridgehead atoms. The number of nitrogens with zero attached hydrogens (tertiary/aromatic N) is 1. The van der Waals surface area contributed by atoms with Crippen LogP contribution >= 0.6 is 11.6 Å². The van der Waals surface area contributed by atoms with Crippen molar-refractivity contribution < 1.29 is 4.79 Å². The van der Waals surface area contributed by atoms with Crippen LogP contribution in [-0.2, 0) is 4.79 Å². The van der Waals surface area contributed by atoms with Gasteiger partial charge in [0.05, 0.1) is 6.04 Å². The number of hydrogen-bond donors (Lipinski definition) is 0. The summed E-state index contributed by atoms with van der Waals surface area (Å²) in [6.45, 7) is 7.34. The van der Waals surface area contributed by atoms with E-state index < -0.39 is 0 Å². The normalized spacial score (nSPS) is 21.8. The average Bonchev–Trinajstić information content (AvgIpc) is 2.71. The summed E-state index contributed by atoms with van der Waals surface area (Å²) in [5.41, 5.74) is 1.22. The number of hydrogen-bond acceptors (Lipinski definition) is 1. The van der Waals surface area contributed by atoms with E-state index in [1.54, 1.807) is 0 Å². The zero-order valence-corrected chi connectivity index (χ0v) is 12.7. The van der Waals surface area contributed by atoms with Crippen molar-refractivity contribution in [3.63, 3.8) is 0 Å². The molecule has 1 aliphatic rings. The van der Waals surface area contributed by atoms with E-state index in [2.05, 4.69) is 32.9 Å². The topological polar surface area (TPSA) is 20.3 Å². The van der Waals surface area contributed by atoms with E-state index in [-0.39, 0.29) is 17.4 Å². The van der Waals surface area contributed by atoms with E-state index >= 15 is 0 Å². The highest BCUT2D eigenvalue weighted by Crippen LogP contribution is 2.41. The average molecular weight is 280 g/mol. The first-order chi connectivity index (χ1) is 8.93. The van der Waals surface area contributed by atoms with Gasteiger partial charge in [0.25, 0.3) is 0 Å². The Morgan fingerprint density at radius 3 is 2.42 bits per heavy atom. The Hall–Kier alpha value is -1.02. The van der Waals surface area contributed by atoms with Crippen molar-refractivity contribution >= 4 is 17.5 Å². The van der Waals surface area contributed by atoms with Crippen molar-refractivity contribution in [3.8, 4) is 0 Å². The molecule has 0 spiro atoms. The van der Waals surface area contributed by atoms with Crippen LogP contribution in [0.2, 0.25) is 0 Å². The number of carbonyl (C=O) groups excluding carboxylic acids is 1. The summed E-state index contributed by atoms with van der Waals surface area (Å²) in [6, 6.07) is 10.4. The molecule has 2 nitrogen and oxygen atoms in total. The zero-order valence-electron chi connectivity index (χ0n) is 11.9. The van der Waals surface area contributed by atoms with Gasteiger partial charge in [-0.25, -0.2) is 0 Å². The lowest BCUT2D eigenvalue weighted by atomic mass is 9.81. The fraction of sp³-hybridized carbons (Fsp3) is 0.562. The number of amides is 1. The second-order valence-electron chi connectivity index (χ2n) is 6.45. The van der Waals surface area contributed by atoms with Crippen LogP contribution in [0.1, 0.15) is 38.8 Å². The van der Waals surface area contributed by atoms with E-state index in [1.165, 1.54) is 5.56 Å². The van der Waals surface area contributed by atoms with E-state index in [1.807, 2.05) is 23.1 Å². The molecule has 2 rings (SSSR count). The van der Waals surface area contributed by atoms with Crippen LogP contribution in [-0.4, -0.2) is 23.2 Å². The number of rotatable bonds is 3. The van der Waals surface area contributed by atoms with Crippen molar-refractivity contribution in [3.05, 3.63) is 35.9 Å². The molecule has 0 N–H and O–H groups in total. The van der Waals surface area contributed by atoms with Crippen molar-refractivity contribution in [1.29, 1.82) is 0 Å². The Labute approximate surface area is 120 Å². The Morgan fingerprint density at radius 1 is 1.32 bits per heavy atom. The highest BCUT2D eigenvalue weighted by Gasteiger charge is 2.39. The van der Waals surface area contributed by atoms with E-state index in [4.69, 9.17) is 11.6 Å². The summed E-state index contributed by atoms with van der Waals surface area (Å²) < 4.78 is 0. The maximum atomic E-state index is 12.3. The predicted molar refractivity (Wildman–Crippen MR) is 79.2 cm³/mol. The zero-order chi connectivity index (χ0) is 14.0. The third-order valence-electron chi connectivity index (χ3n) is 3.70. The van der Waals surface area contributed by atoms with Crippen LogP contribution in [0.15, 0.2) is 30.3 Å². The van der Waals surface area contributed by atoms with Crippen LogP contribution in [0.5, 0.6) is 0 Å². The molecule has 0 saturated carbocycles. The van der Waals surface area contributed by atoms with Gasteiger partial charge in [-0.1, -0.05) is 51.1 Å². The van der Waals surface area contributed by atoms with Gasteiger partial charge in [0.1, 0.15) is 0 Å². The summed E-state index contributed by atoms with van der Waals surface area (Å²) in [4.78, 5) is 14.3. The van der Waals surface area contributed by atoms with Crippen molar-refractivity contribution in [2.45, 2.75) is 33.2 Å². The molecule has 0 aliphatic carbocycles. The summed E-state index contributed by atoms with van der Waals surface area (Å²) in [5.74, 6) is 1.09. The largest absolute Gasteiger partial charge is 0.335 e. The minimum Gasteiger partial charge on any atom is -0.335 e. The number of alkyl halides is 1. The van der Waals surface area contributed by atoms with Gasteiger partial charge in [0, 0.05) is 18.8 Å². The monoisotopic (exact) mass is 279 g/mol. The van der Waals surface area contributed by atoms with Gasteiger partial charge in [-0.15, -0.1) is 11.6 Å². The summed E-state index contributed by atoms with van der Waals surface area (Å²) in [6.07, 6.45) is 0.586. The molecule has 2 unspecified atom stereocenters. The van der Waals surface area contributed by atoms with Crippen LogP contribution in [0.3, 0.4) is 0 Å². The molecule has 104 valence electrons. The first-order valence-corrected chi connectivity index (χ1v) is 7.37. The first-order valence-electron chi connectivity index (χ1n) is 6.84. The number of halogens is 1. The van der Waals surface area contributed by atoms with Crippen LogP contribution in [0.4, 0.5) is 0 Å². The smallest absolute Gasteiger partial charge is 0.223 e. The van der Waals surface area contributed by atoms with Gasteiger partial charge in [-0.3, -0.25) is 4.79 Å². The highest BCUT2D eigenvalue weighted by molar-refractivity contribution is 6.18. The number of carbonyl (C=O) groups is 1. The molecule has 2 atom stereocenters. The molecular formula is C16H22ClNO. The summed E-state index contributed by atoms with van der Waals surface area (Å²) in [7, 11) is 0. The SMILES string of the molecule is CC(C)(C)C(c1ccccc1)N1CC(CCl)CC1=O. The maximum Gasteiger partial charge on any atom is 0.223 e. The molecule has 0 radical (unpaired) electrons. The Kier molecular flexibility index (Phi) is 4.19. The van der Waals surface area contributed by atoms with E-state index in [0.717, 1.165) is 6.54 Å². The standard InChI is InChI=1S/C16H22ClNO/c1-16(2,3)15(13-7-5-4-6-8-13)18-11-12(10-17)9-14(18)19/h4-8,12,15H,9-11H2,1-3H3. The summed E-state index contributed by atoms with van der Waals surface area (Å²) in [5, 5.41) is 0. The molecular weight excluding hydrogens is 258 g/mol. The molecule has 1 heterocycles.